The fourth-order valence-corrected chi connectivity index (χ4v) is 1.72. The maximum atomic E-state index is 11.9. The summed E-state index contributed by atoms with van der Waals surface area (Å²) < 4.78 is 2.18. The molecule has 0 aromatic carbocycles. The van der Waals surface area contributed by atoms with Crippen molar-refractivity contribution in [2.24, 2.45) is 25.7 Å². The molecule has 0 fully saturated rings. The van der Waals surface area contributed by atoms with Crippen molar-refractivity contribution < 1.29 is 0 Å². The van der Waals surface area contributed by atoms with Crippen LogP contribution in [0, 0.1) is 5.92 Å². The van der Waals surface area contributed by atoms with E-state index in [1.807, 2.05) is 13.8 Å². The van der Waals surface area contributed by atoms with Crippen LogP contribution >= 0.6 is 0 Å². The quantitative estimate of drug-likeness (QED) is 0.723. The first-order chi connectivity index (χ1) is 8.38. The third-order valence-corrected chi connectivity index (χ3v) is 2.93. The summed E-state index contributed by atoms with van der Waals surface area (Å²) in [5.41, 5.74) is 4.69. The summed E-state index contributed by atoms with van der Waals surface area (Å²) in [5.74, 6) is 0.504. The van der Waals surface area contributed by atoms with E-state index in [4.69, 9.17) is 5.73 Å². The zero-order valence-corrected chi connectivity index (χ0v) is 11.3. The van der Waals surface area contributed by atoms with E-state index in [1.54, 1.807) is 0 Å². The van der Waals surface area contributed by atoms with Crippen molar-refractivity contribution >= 4 is 5.82 Å². The molecule has 1 unspecified atom stereocenters. The van der Waals surface area contributed by atoms with Crippen LogP contribution in [0.25, 0.3) is 0 Å². The molecule has 0 saturated heterocycles. The highest BCUT2D eigenvalue weighted by atomic mass is 16.2. The number of nitrogens with two attached hydrogens (primary N) is 1. The Morgan fingerprint density at radius 3 is 2.44 bits per heavy atom. The Kier molecular flexibility index (Phi) is 4.66. The van der Waals surface area contributed by atoms with Gasteiger partial charge in [0.2, 0.25) is 5.82 Å². The lowest BCUT2D eigenvalue weighted by Crippen LogP contribution is -2.42. The zero-order valence-electron chi connectivity index (χ0n) is 11.3. The molecule has 0 aliphatic heterocycles. The van der Waals surface area contributed by atoms with Gasteiger partial charge in [0.15, 0.2) is 0 Å². The lowest BCUT2D eigenvalue weighted by molar-refractivity contribution is 0.491. The zero-order chi connectivity index (χ0) is 13.9. The van der Waals surface area contributed by atoms with Gasteiger partial charge in [-0.05, 0) is 18.9 Å². The van der Waals surface area contributed by atoms with Gasteiger partial charge >= 0.3 is 5.69 Å². The van der Waals surface area contributed by atoms with E-state index in [0.717, 1.165) is 15.7 Å². The first kappa shape index (κ1) is 14.4. The van der Waals surface area contributed by atoms with Crippen LogP contribution in [-0.2, 0) is 14.1 Å². The second kappa shape index (κ2) is 5.81. The number of nitrogens with zero attached hydrogens (tertiary/aromatic N) is 3. The predicted molar refractivity (Wildman–Crippen MR) is 70.6 cm³/mol. The highest BCUT2D eigenvalue weighted by Crippen LogP contribution is 2.09. The van der Waals surface area contributed by atoms with Crippen molar-refractivity contribution in [3.05, 3.63) is 20.8 Å². The molecule has 1 aromatic heterocycles. The molecule has 1 atom stereocenters. The lowest BCUT2D eigenvalue weighted by atomic mass is 10.0. The maximum Gasteiger partial charge on any atom is 0.346 e. The highest BCUT2D eigenvalue weighted by Gasteiger charge is 2.16. The molecular formula is C11H21N5O2. The van der Waals surface area contributed by atoms with Crippen LogP contribution in [0.5, 0.6) is 0 Å². The molecule has 0 aliphatic rings. The number of anilines is 1. The molecular weight excluding hydrogens is 234 g/mol. The summed E-state index contributed by atoms with van der Waals surface area (Å²) in [7, 11) is 2.95. The van der Waals surface area contributed by atoms with E-state index in [0.29, 0.717) is 12.5 Å². The Morgan fingerprint density at radius 2 is 1.94 bits per heavy atom. The minimum absolute atomic E-state index is 0.0627. The third kappa shape index (κ3) is 2.98. The average Bonchev–Trinajstić information content (AvgIpc) is 2.32. The van der Waals surface area contributed by atoms with Crippen molar-refractivity contribution in [1.82, 2.24) is 14.3 Å². The fourth-order valence-electron chi connectivity index (χ4n) is 1.72. The van der Waals surface area contributed by atoms with E-state index in [-0.39, 0.29) is 11.9 Å². The molecule has 18 heavy (non-hydrogen) atoms. The Hall–Kier alpha value is -1.63. The Morgan fingerprint density at radius 1 is 1.33 bits per heavy atom. The van der Waals surface area contributed by atoms with Gasteiger partial charge in [-0.15, -0.1) is 5.10 Å². The number of rotatable bonds is 5. The van der Waals surface area contributed by atoms with Gasteiger partial charge in [-0.3, -0.25) is 9.36 Å². The molecule has 1 heterocycles. The van der Waals surface area contributed by atoms with Crippen LogP contribution in [0.4, 0.5) is 5.82 Å². The smallest absolute Gasteiger partial charge is 0.346 e. The van der Waals surface area contributed by atoms with E-state index in [1.165, 1.54) is 14.1 Å². The molecule has 0 amide bonds. The van der Waals surface area contributed by atoms with Crippen LogP contribution in [0.3, 0.4) is 0 Å². The second-order valence-corrected chi connectivity index (χ2v) is 4.69. The van der Waals surface area contributed by atoms with Crippen LogP contribution in [-0.4, -0.2) is 26.9 Å². The maximum absolute atomic E-state index is 11.9. The van der Waals surface area contributed by atoms with E-state index in [9.17, 15) is 9.59 Å². The molecule has 102 valence electrons. The summed E-state index contributed by atoms with van der Waals surface area (Å²) in [6.45, 7) is 4.61. The molecule has 0 aliphatic carbocycles. The van der Waals surface area contributed by atoms with Crippen molar-refractivity contribution in [3.8, 4) is 0 Å². The molecule has 7 nitrogen and oxygen atoms in total. The van der Waals surface area contributed by atoms with Gasteiger partial charge in [0.1, 0.15) is 0 Å². The van der Waals surface area contributed by atoms with Crippen LogP contribution < -0.4 is 22.3 Å². The van der Waals surface area contributed by atoms with Crippen LogP contribution in [0.1, 0.15) is 20.3 Å². The third-order valence-electron chi connectivity index (χ3n) is 2.93. The van der Waals surface area contributed by atoms with Crippen LogP contribution in [0.15, 0.2) is 9.59 Å². The second-order valence-electron chi connectivity index (χ2n) is 4.69. The SMILES string of the molecule is CC(C)C(CCN)Nc1nn(C)c(=O)n(C)c1=O. The number of hydrogen-bond acceptors (Lipinski definition) is 5. The Labute approximate surface area is 106 Å². The van der Waals surface area contributed by atoms with E-state index < -0.39 is 11.2 Å². The highest BCUT2D eigenvalue weighted by molar-refractivity contribution is 5.31. The standard InChI is InChI=1S/C11H21N5O2/c1-7(2)8(5-6-12)13-9-10(17)15(3)11(18)16(4)14-9/h7-8H,5-6,12H2,1-4H3,(H,13,14). The van der Waals surface area contributed by atoms with Crippen molar-refractivity contribution in [2.75, 3.05) is 11.9 Å². The van der Waals surface area contributed by atoms with Gasteiger partial charge in [-0.2, -0.15) is 0 Å². The monoisotopic (exact) mass is 255 g/mol. The Bertz CT molecular complexity index is 517. The number of nitrogens with one attached hydrogen (secondary N) is 1. The van der Waals surface area contributed by atoms with Crippen molar-refractivity contribution in [1.29, 1.82) is 0 Å². The van der Waals surface area contributed by atoms with Crippen molar-refractivity contribution in [2.45, 2.75) is 26.3 Å². The molecule has 1 aromatic rings. The largest absolute Gasteiger partial charge is 0.361 e. The molecule has 7 heteroatoms. The van der Waals surface area contributed by atoms with Gasteiger partial charge in [-0.1, -0.05) is 13.8 Å². The average molecular weight is 255 g/mol. The Balaban J connectivity index is 3.11. The fraction of sp³-hybridized carbons (Fsp3) is 0.727. The van der Waals surface area contributed by atoms with Gasteiger partial charge in [-0.25, -0.2) is 9.48 Å². The number of aryl methyl sites for hydroxylation is 1. The number of aromatic nitrogens is 3. The van der Waals surface area contributed by atoms with Gasteiger partial charge in [0.25, 0.3) is 5.56 Å². The van der Waals surface area contributed by atoms with Gasteiger partial charge in [0.05, 0.1) is 0 Å². The lowest BCUT2D eigenvalue weighted by Gasteiger charge is -2.22. The molecule has 0 saturated carbocycles. The van der Waals surface area contributed by atoms with Crippen molar-refractivity contribution in [3.63, 3.8) is 0 Å². The first-order valence-electron chi connectivity index (χ1n) is 5.99. The summed E-state index contributed by atoms with van der Waals surface area (Å²) in [6.07, 6.45) is 0.741. The molecule has 3 N–H and O–H groups in total. The normalized spacial score (nSPS) is 12.8. The molecule has 0 radical (unpaired) electrons. The van der Waals surface area contributed by atoms with Gasteiger partial charge < -0.3 is 11.1 Å². The summed E-state index contributed by atoms with van der Waals surface area (Å²) in [4.78, 5) is 23.4. The predicted octanol–water partition coefficient (Wildman–Crippen LogP) is -0.736. The summed E-state index contributed by atoms with van der Waals surface area (Å²) in [5, 5.41) is 7.03. The van der Waals surface area contributed by atoms with E-state index in [2.05, 4.69) is 10.4 Å². The molecule has 0 bridgehead atoms. The molecule has 1 rings (SSSR count). The first-order valence-corrected chi connectivity index (χ1v) is 5.99. The summed E-state index contributed by atoms with van der Waals surface area (Å²) >= 11 is 0. The molecule has 0 spiro atoms. The van der Waals surface area contributed by atoms with Gasteiger partial charge in [0, 0.05) is 20.1 Å². The minimum Gasteiger partial charge on any atom is -0.361 e. The van der Waals surface area contributed by atoms with E-state index >= 15 is 0 Å². The van der Waals surface area contributed by atoms with Crippen LogP contribution in [0.2, 0.25) is 0 Å². The summed E-state index contributed by atoms with van der Waals surface area (Å²) in [6, 6.07) is 0.0627. The number of hydrogen-bond donors (Lipinski definition) is 2. The topological polar surface area (TPSA) is 94.9 Å². The minimum atomic E-state index is -0.439.